The number of likely N-dealkylation sites (tertiary alicyclic amines) is 1. The highest BCUT2D eigenvalue weighted by Crippen LogP contribution is 2.13. The van der Waals surface area contributed by atoms with E-state index in [1.165, 1.54) is 11.3 Å². The molecule has 3 heterocycles. The summed E-state index contributed by atoms with van der Waals surface area (Å²) in [5, 5.41) is 4.09. The molecule has 0 aromatic carbocycles. The third-order valence-corrected chi connectivity index (χ3v) is 3.95. The summed E-state index contributed by atoms with van der Waals surface area (Å²) >= 11 is 0. The van der Waals surface area contributed by atoms with Crippen LogP contribution >= 0.6 is 0 Å². The zero-order valence-electron chi connectivity index (χ0n) is 12.8. The van der Waals surface area contributed by atoms with Crippen molar-refractivity contribution in [2.75, 3.05) is 32.9 Å². The Hall–Kier alpha value is -1.60. The van der Waals surface area contributed by atoms with Crippen molar-refractivity contribution in [2.24, 2.45) is 0 Å². The smallest absolute Gasteiger partial charge is 0.257 e. The standard InChI is InChI=1S/C15H23N3O4/c19-15(17-6-2-1-3-7-17)13-11-16-18(12-13)22-8-4-5-14-20-9-10-21-14/h11-12,14H,1-10H2. The molecule has 0 spiro atoms. The van der Waals surface area contributed by atoms with Gasteiger partial charge in [-0.25, -0.2) is 0 Å². The average Bonchev–Trinajstić information content (AvgIpc) is 3.23. The summed E-state index contributed by atoms with van der Waals surface area (Å²) in [6.45, 7) is 3.54. The molecule has 0 aliphatic carbocycles. The lowest BCUT2D eigenvalue weighted by molar-refractivity contribution is -0.0527. The molecular formula is C15H23N3O4. The quantitative estimate of drug-likeness (QED) is 0.736. The molecule has 2 aliphatic rings. The molecule has 7 nitrogen and oxygen atoms in total. The Morgan fingerprint density at radius 3 is 2.82 bits per heavy atom. The molecule has 1 aromatic heterocycles. The number of hydrogen-bond donors (Lipinski definition) is 0. The van der Waals surface area contributed by atoms with E-state index in [-0.39, 0.29) is 12.2 Å². The second kappa shape index (κ2) is 7.60. The Kier molecular flexibility index (Phi) is 5.29. The lowest BCUT2D eigenvalue weighted by atomic mass is 10.1. The van der Waals surface area contributed by atoms with E-state index in [1.807, 2.05) is 4.90 Å². The predicted octanol–water partition coefficient (Wildman–Crippen LogP) is 1.09. The van der Waals surface area contributed by atoms with Gasteiger partial charge in [0.1, 0.15) is 6.61 Å². The molecule has 0 unspecified atom stereocenters. The normalized spacial score (nSPS) is 19.5. The molecule has 2 saturated heterocycles. The van der Waals surface area contributed by atoms with Crippen LogP contribution in [-0.4, -0.2) is 60.0 Å². The Balaban J connectivity index is 1.41. The monoisotopic (exact) mass is 309 g/mol. The molecular weight excluding hydrogens is 286 g/mol. The predicted molar refractivity (Wildman–Crippen MR) is 78.4 cm³/mol. The molecule has 122 valence electrons. The number of carbonyl (C=O) groups excluding carboxylic acids is 1. The Morgan fingerprint density at radius 1 is 1.27 bits per heavy atom. The van der Waals surface area contributed by atoms with Crippen molar-refractivity contribution in [3.8, 4) is 0 Å². The first-order chi connectivity index (χ1) is 10.8. The summed E-state index contributed by atoms with van der Waals surface area (Å²) in [4.78, 5) is 21.1. The number of nitrogens with zero attached hydrogens (tertiary/aromatic N) is 3. The topological polar surface area (TPSA) is 65.8 Å². The van der Waals surface area contributed by atoms with Gasteiger partial charge in [-0.3, -0.25) is 4.79 Å². The largest absolute Gasteiger partial charge is 0.397 e. The highest BCUT2D eigenvalue weighted by Gasteiger charge is 2.20. The first kappa shape index (κ1) is 15.3. The summed E-state index contributed by atoms with van der Waals surface area (Å²) in [5.74, 6) is 0.0438. The number of amides is 1. The molecule has 7 heteroatoms. The van der Waals surface area contributed by atoms with Crippen LogP contribution in [0.2, 0.25) is 0 Å². The Bertz CT molecular complexity index is 479. The second-order valence-electron chi connectivity index (χ2n) is 5.63. The van der Waals surface area contributed by atoms with Crippen LogP contribution in [0.4, 0.5) is 0 Å². The highest BCUT2D eigenvalue weighted by atomic mass is 16.7. The molecule has 1 amide bonds. The summed E-state index contributed by atoms with van der Waals surface area (Å²) in [6.07, 6.45) is 8.13. The number of carbonyl (C=O) groups is 1. The SMILES string of the molecule is O=C(c1cnn(OCCCC2OCCO2)c1)N1CCCCC1. The number of ether oxygens (including phenoxy) is 2. The van der Waals surface area contributed by atoms with Crippen molar-refractivity contribution >= 4 is 5.91 Å². The summed E-state index contributed by atoms with van der Waals surface area (Å²) in [7, 11) is 0. The number of rotatable bonds is 6. The maximum atomic E-state index is 12.3. The Labute approximate surface area is 130 Å². The lowest BCUT2D eigenvalue weighted by Gasteiger charge is -2.26. The van der Waals surface area contributed by atoms with E-state index in [0.717, 1.165) is 38.8 Å². The highest BCUT2D eigenvalue weighted by molar-refractivity contribution is 5.93. The molecule has 3 rings (SSSR count). The van der Waals surface area contributed by atoms with Gasteiger partial charge in [0.2, 0.25) is 0 Å². The molecule has 0 N–H and O–H groups in total. The fraction of sp³-hybridized carbons (Fsp3) is 0.733. The first-order valence-corrected chi connectivity index (χ1v) is 8.03. The number of piperidine rings is 1. The van der Waals surface area contributed by atoms with Crippen molar-refractivity contribution in [1.29, 1.82) is 0 Å². The molecule has 1 aromatic rings. The summed E-state index contributed by atoms with van der Waals surface area (Å²) in [6, 6.07) is 0. The molecule has 0 atom stereocenters. The zero-order chi connectivity index (χ0) is 15.2. The van der Waals surface area contributed by atoms with Crippen LogP contribution in [-0.2, 0) is 9.47 Å². The van der Waals surface area contributed by atoms with Crippen molar-refractivity contribution in [2.45, 2.75) is 38.4 Å². The Morgan fingerprint density at radius 2 is 2.05 bits per heavy atom. The van der Waals surface area contributed by atoms with Crippen LogP contribution in [0.1, 0.15) is 42.5 Å². The zero-order valence-corrected chi connectivity index (χ0v) is 12.8. The van der Waals surface area contributed by atoms with E-state index >= 15 is 0 Å². The first-order valence-electron chi connectivity index (χ1n) is 8.03. The molecule has 0 bridgehead atoms. The second-order valence-corrected chi connectivity index (χ2v) is 5.63. The van der Waals surface area contributed by atoms with E-state index in [0.29, 0.717) is 25.4 Å². The maximum absolute atomic E-state index is 12.3. The van der Waals surface area contributed by atoms with Crippen molar-refractivity contribution in [1.82, 2.24) is 14.8 Å². The van der Waals surface area contributed by atoms with Gasteiger partial charge < -0.3 is 19.2 Å². The third kappa shape index (κ3) is 3.98. The van der Waals surface area contributed by atoms with Crippen LogP contribution in [0.25, 0.3) is 0 Å². The van der Waals surface area contributed by atoms with Gasteiger partial charge in [-0.15, -0.1) is 9.94 Å². The number of hydrogen-bond acceptors (Lipinski definition) is 5. The van der Waals surface area contributed by atoms with Gasteiger partial charge in [-0.05, 0) is 25.7 Å². The van der Waals surface area contributed by atoms with E-state index in [9.17, 15) is 4.79 Å². The molecule has 0 radical (unpaired) electrons. The van der Waals surface area contributed by atoms with Crippen molar-refractivity contribution in [3.05, 3.63) is 18.0 Å². The van der Waals surface area contributed by atoms with Crippen LogP contribution in [0.5, 0.6) is 0 Å². The van der Waals surface area contributed by atoms with Gasteiger partial charge in [0, 0.05) is 19.5 Å². The van der Waals surface area contributed by atoms with Crippen LogP contribution < -0.4 is 4.84 Å². The minimum absolute atomic E-state index is 0.0438. The van der Waals surface area contributed by atoms with E-state index in [1.54, 1.807) is 12.4 Å². The average molecular weight is 309 g/mol. The van der Waals surface area contributed by atoms with Gasteiger partial charge in [0.05, 0.1) is 31.2 Å². The third-order valence-electron chi connectivity index (χ3n) is 3.95. The number of aromatic nitrogens is 2. The molecule has 0 saturated carbocycles. The minimum atomic E-state index is -0.0996. The van der Waals surface area contributed by atoms with Gasteiger partial charge in [-0.1, -0.05) is 0 Å². The fourth-order valence-electron chi connectivity index (χ4n) is 2.75. The van der Waals surface area contributed by atoms with E-state index in [4.69, 9.17) is 14.3 Å². The van der Waals surface area contributed by atoms with Crippen LogP contribution in [0.15, 0.2) is 12.4 Å². The lowest BCUT2D eigenvalue weighted by Crippen LogP contribution is -2.35. The minimum Gasteiger partial charge on any atom is -0.397 e. The van der Waals surface area contributed by atoms with Crippen molar-refractivity contribution in [3.63, 3.8) is 0 Å². The van der Waals surface area contributed by atoms with Gasteiger partial charge in [0.25, 0.3) is 5.91 Å². The van der Waals surface area contributed by atoms with Gasteiger partial charge in [0.15, 0.2) is 6.29 Å². The van der Waals surface area contributed by atoms with E-state index in [2.05, 4.69) is 5.10 Å². The van der Waals surface area contributed by atoms with Crippen LogP contribution in [0.3, 0.4) is 0 Å². The van der Waals surface area contributed by atoms with Crippen molar-refractivity contribution < 1.29 is 19.1 Å². The fourth-order valence-corrected chi connectivity index (χ4v) is 2.75. The summed E-state index contributed by atoms with van der Waals surface area (Å²) < 4.78 is 10.7. The summed E-state index contributed by atoms with van der Waals surface area (Å²) in [5.41, 5.74) is 0.587. The maximum Gasteiger partial charge on any atom is 0.257 e. The molecule has 22 heavy (non-hydrogen) atoms. The van der Waals surface area contributed by atoms with E-state index < -0.39 is 0 Å². The molecule has 2 aliphatic heterocycles. The molecule has 2 fully saturated rings. The van der Waals surface area contributed by atoms with Crippen LogP contribution in [0, 0.1) is 0 Å². The van der Waals surface area contributed by atoms with Gasteiger partial charge in [-0.2, -0.15) is 0 Å². The van der Waals surface area contributed by atoms with Gasteiger partial charge >= 0.3 is 0 Å².